The van der Waals surface area contributed by atoms with Crippen LogP contribution in [0.4, 0.5) is 35.9 Å². The Morgan fingerprint density at radius 3 is 1.50 bits per heavy atom. The van der Waals surface area contributed by atoms with E-state index in [4.69, 9.17) is 26.3 Å². The number of nitrogens with zero attached hydrogens (tertiary/aromatic N) is 8. The van der Waals surface area contributed by atoms with E-state index in [1.54, 1.807) is 24.3 Å². The number of benzene rings is 8. The van der Waals surface area contributed by atoms with Crippen LogP contribution in [-0.2, 0) is 6.18 Å². The first-order chi connectivity index (χ1) is 32.1. The molecule has 306 valence electrons. The van der Waals surface area contributed by atoms with Gasteiger partial charge in [0, 0.05) is 27.1 Å². The summed E-state index contributed by atoms with van der Waals surface area (Å²) >= 11 is 0. The van der Waals surface area contributed by atoms with E-state index in [9.17, 15) is 10.5 Å². The highest BCUT2D eigenvalue weighted by Crippen LogP contribution is 2.47. The predicted octanol–water partition coefficient (Wildman–Crippen LogP) is 15.8. The molecule has 0 saturated carbocycles. The lowest BCUT2D eigenvalue weighted by Crippen LogP contribution is -2.09. The topological polar surface area (TPSA) is 74.9 Å². The molecular formula is C55H25F3N8. The van der Waals surface area contributed by atoms with Crippen molar-refractivity contribution in [1.29, 1.82) is 10.5 Å². The first kappa shape index (κ1) is 40.2. The van der Waals surface area contributed by atoms with Crippen LogP contribution in [-0.4, -0.2) is 9.13 Å². The highest BCUT2D eigenvalue weighted by Gasteiger charge is 2.35. The molecule has 0 saturated heterocycles. The van der Waals surface area contributed by atoms with Gasteiger partial charge < -0.3 is 9.13 Å². The van der Waals surface area contributed by atoms with Gasteiger partial charge in [0.1, 0.15) is 11.6 Å². The smallest absolute Gasteiger partial charge is 0.308 e. The van der Waals surface area contributed by atoms with Crippen LogP contribution in [0.1, 0.15) is 16.7 Å². The maximum Gasteiger partial charge on any atom is 0.415 e. The minimum absolute atomic E-state index is 0.0366. The van der Waals surface area contributed by atoms with Gasteiger partial charge in [0.2, 0.25) is 0 Å². The lowest BCUT2D eigenvalue weighted by atomic mass is 9.94. The molecule has 8 aromatic carbocycles. The molecule has 0 fully saturated rings. The van der Waals surface area contributed by atoms with Gasteiger partial charge >= 0.3 is 6.18 Å². The third kappa shape index (κ3) is 6.26. The van der Waals surface area contributed by atoms with Gasteiger partial charge in [0.05, 0.1) is 71.4 Å². The Kier molecular flexibility index (Phi) is 9.41. The quantitative estimate of drug-likeness (QED) is 0.162. The fourth-order valence-corrected chi connectivity index (χ4v) is 9.06. The molecular weight excluding hydrogens is 830 g/mol. The Balaban J connectivity index is 1.37. The highest BCUT2D eigenvalue weighted by molar-refractivity contribution is 6.13. The third-order valence-corrected chi connectivity index (χ3v) is 11.9. The number of fused-ring (bicyclic) bond motifs is 6. The van der Waals surface area contributed by atoms with Crippen molar-refractivity contribution in [3.05, 3.63) is 214 Å². The highest BCUT2D eigenvalue weighted by atomic mass is 19.4. The van der Waals surface area contributed by atoms with Crippen molar-refractivity contribution >= 4 is 66.4 Å². The molecule has 8 nitrogen and oxygen atoms in total. The number of para-hydroxylation sites is 2. The van der Waals surface area contributed by atoms with E-state index in [1.807, 2.05) is 94.1 Å². The van der Waals surface area contributed by atoms with Crippen LogP contribution >= 0.6 is 0 Å². The van der Waals surface area contributed by atoms with Gasteiger partial charge in [0.25, 0.3) is 0 Å². The van der Waals surface area contributed by atoms with Crippen molar-refractivity contribution in [1.82, 2.24) is 9.13 Å². The van der Waals surface area contributed by atoms with E-state index >= 15 is 13.2 Å². The molecule has 0 atom stereocenters. The minimum atomic E-state index is -4.86. The molecule has 0 amide bonds. The number of rotatable bonds is 5. The summed E-state index contributed by atoms with van der Waals surface area (Å²) in [5.74, 6) is 0. The molecule has 0 N–H and O–H groups in total. The van der Waals surface area contributed by atoms with Crippen LogP contribution in [0.2, 0.25) is 0 Å². The maximum atomic E-state index is 15.2. The molecule has 2 aromatic heterocycles. The lowest BCUT2D eigenvalue weighted by Gasteiger charge is -2.21. The van der Waals surface area contributed by atoms with Gasteiger partial charge in [-0.05, 0) is 81.9 Å². The second-order valence-electron chi connectivity index (χ2n) is 15.4. The molecule has 0 aliphatic rings. The molecule has 0 unspecified atom stereocenters. The van der Waals surface area contributed by atoms with Crippen molar-refractivity contribution in [2.75, 3.05) is 0 Å². The van der Waals surface area contributed by atoms with Gasteiger partial charge in [-0.25, -0.2) is 19.4 Å². The average Bonchev–Trinajstić information content (AvgIpc) is 3.86. The molecule has 10 aromatic rings. The summed E-state index contributed by atoms with van der Waals surface area (Å²) in [6, 6.07) is 47.1. The number of halogens is 3. The van der Waals surface area contributed by atoms with E-state index in [1.165, 1.54) is 36.4 Å². The van der Waals surface area contributed by atoms with Gasteiger partial charge in [-0.2, -0.15) is 23.7 Å². The molecule has 0 radical (unpaired) electrons. The molecule has 2 heterocycles. The van der Waals surface area contributed by atoms with Crippen molar-refractivity contribution in [3.63, 3.8) is 0 Å². The second kappa shape index (κ2) is 15.5. The van der Waals surface area contributed by atoms with E-state index in [0.29, 0.717) is 55.6 Å². The molecule has 10 rings (SSSR count). The SMILES string of the molecule is [C-]#[N+]c1ccc(-c2ccc3c4ccccc4n(-c4cc(-c5c([N+]#[C-])cccc5C(F)(F)F)cc(-n5c6ccccc6c6ccc(-c7ccc(C#N)cc7[N+]#[C-])cc65)c4C#N)c3c2)c([N+]#[C-])c1. The van der Waals surface area contributed by atoms with Crippen LogP contribution in [0.5, 0.6) is 0 Å². The van der Waals surface area contributed by atoms with Crippen LogP contribution < -0.4 is 0 Å². The number of aromatic nitrogens is 2. The minimum Gasteiger partial charge on any atom is -0.308 e. The summed E-state index contributed by atoms with van der Waals surface area (Å²) in [6.07, 6.45) is -4.86. The molecule has 0 aliphatic carbocycles. The summed E-state index contributed by atoms with van der Waals surface area (Å²) < 4.78 is 49.2. The zero-order chi connectivity index (χ0) is 45.9. The predicted molar refractivity (Wildman–Crippen MR) is 251 cm³/mol. The van der Waals surface area contributed by atoms with Gasteiger partial charge in [-0.15, -0.1) is 0 Å². The Bertz CT molecular complexity index is 3800. The van der Waals surface area contributed by atoms with Crippen molar-refractivity contribution in [3.8, 4) is 56.9 Å². The molecule has 66 heavy (non-hydrogen) atoms. The van der Waals surface area contributed by atoms with Crippen LogP contribution in [0.25, 0.3) is 108 Å². The van der Waals surface area contributed by atoms with Crippen molar-refractivity contribution in [2.24, 2.45) is 0 Å². The fourth-order valence-electron chi connectivity index (χ4n) is 9.06. The van der Waals surface area contributed by atoms with Crippen LogP contribution in [0, 0.1) is 49.0 Å². The van der Waals surface area contributed by atoms with E-state index in [2.05, 4.69) is 31.5 Å². The molecule has 0 aliphatic heterocycles. The zero-order valence-electron chi connectivity index (χ0n) is 34.1. The summed E-state index contributed by atoms with van der Waals surface area (Å²) in [5.41, 5.74) is 5.01. The van der Waals surface area contributed by atoms with Gasteiger partial charge in [0.15, 0.2) is 22.7 Å². The Labute approximate surface area is 375 Å². The fraction of sp³-hybridized carbons (Fsp3) is 0.0182. The van der Waals surface area contributed by atoms with Crippen molar-refractivity contribution < 1.29 is 13.2 Å². The van der Waals surface area contributed by atoms with E-state index in [0.717, 1.165) is 27.6 Å². The largest absolute Gasteiger partial charge is 0.415 e. The Morgan fingerprint density at radius 1 is 0.455 bits per heavy atom. The normalized spacial score (nSPS) is 11.2. The van der Waals surface area contributed by atoms with E-state index in [-0.39, 0.29) is 45.1 Å². The molecule has 0 bridgehead atoms. The summed E-state index contributed by atoms with van der Waals surface area (Å²) in [5, 5.41) is 24.2. The number of hydrogen-bond donors (Lipinski definition) is 0. The van der Waals surface area contributed by atoms with Crippen molar-refractivity contribution in [2.45, 2.75) is 6.18 Å². The summed E-state index contributed by atoms with van der Waals surface area (Å²) in [6.45, 7) is 31.5. The Morgan fingerprint density at radius 2 is 0.985 bits per heavy atom. The third-order valence-electron chi connectivity index (χ3n) is 11.9. The van der Waals surface area contributed by atoms with Crippen LogP contribution in [0.3, 0.4) is 0 Å². The number of alkyl halides is 3. The molecule has 11 heteroatoms. The first-order valence-corrected chi connectivity index (χ1v) is 20.2. The van der Waals surface area contributed by atoms with E-state index < -0.39 is 11.7 Å². The van der Waals surface area contributed by atoms with Gasteiger partial charge in [-0.1, -0.05) is 103 Å². The monoisotopic (exact) mass is 854 g/mol. The lowest BCUT2D eigenvalue weighted by molar-refractivity contribution is -0.137. The Hall–Kier alpha value is -9.91. The first-order valence-electron chi connectivity index (χ1n) is 20.2. The molecule has 0 spiro atoms. The maximum absolute atomic E-state index is 15.2. The van der Waals surface area contributed by atoms with Crippen LogP contribution in [0.15, 0.2) is 152 Å². The second-order valence-corrected chi connectivity index (χ2v) is 15.4. The summed E-state index contributed by atoms with van der Waals surface area (Å²) in [4.78, 5) is 14.5. The summed E-state index contributed by atoms with van der Waals surface area (Å²) in [7, 11) is 0. The zero-order valence-corrected chi connectivity index (χ0v) is 34.1. The number of hydrogen-bond acceptors (Lipinski definition) is 2. The standard InChI is InChI=1S/C55H25F3N8/c1-61-36-19-23-38(47(29-36)64-4)34-18-22-42-40-11-6-8-15-49(40)66(51(42)26-34)53-28-35(54-44(55(56,57)58)12-9-13-45(54)62-2)27-52(43(53)31-60)65-48-14-7-5-10-39(48)41-21-17-33(25-50(41)65)37-20-16-32(30-59)24-46(37)63-3/h5-29H. The van der Waals surface area contributed by atoms with Gasteiger partial charge in [-0.3, -0.25) is 0 Å². The average molecular weight is 855 g/mol. The number of nitriles is 2.